The Morgan fingerprint density at radius 2 is 1.11 bits per heavy atom. The van der Waals surface area contributed by atoms with Crippen molar-refractivity contribution in [3.05, 3.63) is 94.6 Å². The molecule has 2 aromatic rings. The van der Waals surface area contributed by atoms with E-state index in [0.717, 1.165) is 25.3 Å². The summed E-state index contributed by atoms with van der Waals surface area (Å²) in [5.41, 5.74) is 0.635. The first kappa shape index (κ1) is 26.2. The van der Waals surface area contributed by atoms with E-state index in [2.05, 4.69) is 6.92 Å². The molecule has 0 radical (unpaired) electrons. The highest BCUT2D eigenvalue weighted by Gasteiger charge is 2.35. The van der Waals surface area contributed by atoms with Crippen LogP contribution in [0, 0.1) is 0 Å². The largest absolute Gasteiger partial charge is 0.289 e. The lowest BCUT2D eigenvalue weighted by molar-refractivity contribution is -0.115. The average molecular weight is 471 g/mol. The Bertz CT molecular complexity index is 1110. The Hall–Kier alpha value is -3.40. The van der Waals surface area contributed by atoms with E-state index in [1.165, 1.54) is 32.1 Å². The molecule has 0 aliphatic heterocycles. The first-order valence-electron chi connectivity index (χ1n) is 12.8. The van der Waals surface area contributed by atoms with Crippen LogP contribution < -0.4 is 0 Å². The molecule has 1 aliphatic carbocycles. The molecule has 0 fully saturated rings. The predicted molar refractivity (Wildman–Crippen MR) is 139 cm³/mol. The van der Waals surface area contributed by atoms with Gasteiger partial charge in [-0.3, -0.25) is 19.2 Å². The first-order chi connectivity index (χ1) is 17.0. The summed E-state index contributed by atoms with van der Waals surface area (Å²) < 4.78 is 0. The second kappa shape index (κ2) is 13.5. The second-order valence-electron chi connectivity index (χ2n) is 9.07. The molecule has 4 nitrogen and oxygen atoms in total. The topological polar surface area (TPSA) is 68.3 Å². The van der Waals surface area contributed by atoms with Crippen LogP contribution in [0.25, 0.3) is 0 Å². The number of carbonyl (C=O) groups is 4. The van der Waals surface area contributed by atoms with Crippen LogP contribution in [-0.4, -0.2) is 23.1 Å². The molecule has 35 heavy (non-hydrogen) atoms. The molecule has 0 atom stereocenters. The second-order valence-corrected chi connectivity index (χ2v) is 9.07. The van der Waals surface area contributed by atoms with Crippen molar-refractivity contribution in [2.45, 2.75) is 71.1 Å². The quantitative estimate of drug-likeness (QED) is 0.128. The van der Waals surface area contributed by atoms with Crippen molar-refractivity contribution in [1.29, 1.82) is 0 Å². The molecule has 3 rings (SSSR count). The summed E-state index contributed by atoms with van der Waals surface area (Å²) in [5.74, 6) is -2.02. The summed E-state index contributed by atoms with van der Waals surface area (Å²) in [6, 6.07) is 17.0. The summed E-state index contributed by atoms with van der Waals surface area (Å²) in [5, 5.41) is 0. The summed E-state index contributed by atoms with van der Waals surface area (Å²) in [6.45, 7) is 2.21. The number of ketones is 4. The van der Waals surface area contributed by atoms with Crippen molar-refractivity contribution in [3.63, 3.8) is 0 Å². The number of carbonyl (C=O) groups excluding carboxylic acids is 4. The Morgan fingerprint density at radius 1 is 0.629 bits per heavy atom. The van der Waals surface area contributed by atoms with Gasteiger partial charge in [0, 0.05) is 22.8 Å². The van der Waals surface area contributed by atoms with E-state index in [-0.39, 0.29) is 16.7 Å². The van der Waals surface area contributed by atoms with Crippen LogP contribution in [0.4, 0.5) is 0 Å². The number of hydrogen-bond donors (Lipinski definition) is 0. The van der Waals surface area contributed by atoms with Crippen LogP contribution in [0.2, 0.25) is 0 Å². The first-order valence-corrected chi connectivity index (χ1v) is 12.8. The van der Waals surface area contributed by atoms with Gasteiger partial charge in [0.05, 0.1) is 11.1 Å². The van der Waals surface area contributed by atoms with Gasteiger partial charge in [-0.1, -0.05) is 119 Å². The van der Waals surface area contributed by atoms with Crippen LogP contribution in [0.3, 0.4) is 0 Å². The smallest absolute Gasteiger partial charge is 0.197 e. The van der Waals surface area contributed by atoms with Crippen molar-refractivity contribution in [2.75, 3.05) is 0 Å². The van der Waals surface area contributed by atoms with E-state index in [4.69, 9.17) is 0 Å². The number of rotatable bonds is 14. The minimum Gasteiger partial charge on any atom is -0.289 e. The maximum Gasteiger partial charge on any atom is 0.197 e. The maximum atomic E-state index is 13.4. The van der Waals surface area contributed by atoms with Crippen molar-refractivity contribution >= 4 is 23.1 Å². The van der Waals surface area contributed by atoms with E-state index in [0.29, 0.717) is 24.0 Å². The fourth-order valence-corrected chi connectivity index (χ4v) is 4.44. The molecule has 0 bridgehead atoms. The van der Waals surface area contributed by atoms with Crippen LogP contribution in [0.15, 0.2) is 83.5 Å². The molecule has 0 aromatic heterocycles. The molecule has 0 spiro atoms. The predicted octanol–water partition coefficient (Wildman–Crippen LogP) is 7.05. The van der Waals surface area contributed by atoms with Gasteiger partial charge in [-0.15, -0.1) is 0 Å². The van der Waals surface area contributed by atoms with Crippen molar-refractivity contribution in [1.82, 2.24) is 0 Å². The van der Waals surface area contributed by atoms with Crippen LogP contribution in [0.5, 0.6) is 0 Å². The van der Waals surface area contributed by atoms with Crippen molar-refractivity contribution < 1.29 is 19.2 Å². The van der Waals surface area contributed by atoms with Gasteiger partial charge in [0.2, 0.25) is 0 Å². The zero-order valence-corrected chi connectivity index (χ0v) is 20.6. The van der Waals surface area contributed by atoms with E-state index in [1.807, 2.05) is 0 Å². The lowest BCUT2D eigenvalue weighted by Gasteiger charge is -2.18. The van der Waals surface area contributed by atoms with Crippen LogP contribution >= 0.6 is 0 Å². The number of hydrogen-bond acceptors (Lipinski definition) is 4. The third-order valence-electron chi connectivity index (χ3n) is 6.42. The van der Waals surface area contributed by atoms with Gasteiger partial charge in [0.25, 0.3) is 0 Å². The normalized spacial score (nSPS) is 13.7. The summed E-state index contributed by atoms with van der Waals surface area (Å²) in [6.07, 6.45) is 11.4. The highest BCUT2D eigenvalue weighted by Crippen LogP contribution is 2.28. The molecule has 0 saturated carbocycles. The SMILES string of the molecule is CCCCCCCCCCCC1=C(C(=O)c2ccccc2)C(=O)C=C(C(=O)c2ccccc2)C1=O. The van der Waals surface area contributed by atoms with E-state index >= 15 is 0 Å². The van der Waals surface area contributed by atoms with Gasteiger partial charge < -0.3 is 0 Å². The van der Waals surface area contributed by atoms with Gasteiger partial charge in [0.1, 0.15) is 0 Å². The Morgan fingerprint density at radius 3 is 1.66 bits per heavy atom. The third kappa shape index (κ3) is 7.05. The van der Waals surface area contributed by atoms with E-state index in [1.54, 1.807) is 60.7 Å². The molecule has 0 saturated heterocycles. The molecule has 0 N–H and O–H groups in total. The summed E-state index contributed by atoms with van der Waals surface area (Å²) >= 11 is 0. The fourth-order valence-electron chi connectivity index (χ4n) is 4.44. The summed E-state index contributed by atoms with van der Waals surface area (Å²) in [4.78, 5) is 52.8. The minimum absolute atomic E-state index is 0.0922. The molecular weight excluding hydrogens is 436 g/mol. The fraction of sp³-hybridized carbons (Fsp3) is 0.355. The van der Waals surface area contributed by atoms with Gasteiger partial charge >= 0.3 is 0 Å². The Labute approximate surface area is 208 Å². The molecule has 0 heterocycles. The number of unbranched alkanes of at least 4 members (excludes halogenated alkanes) is 8. The zero-order valence-electron chi connectivity index (χ0n) is 20.6. The molecule has 0 amide bonds. The highest BCUT2D eigenvalue weighted by atomic mass is 16.2. The third-order valence-corrected chi connectivity index (χ3v) is 6.42. The summed E-state index contributed by atoms with van der Waals surface area (Å²) in [7, 11) is 0. The minimum atomic E-state index is -0.566. The van der Waals surface area contributed by atoms with Crippen LogP contribution in [-0.2, 0) is 9.59 Å². The average Bonchev–Trinajstić information content (AvgIpc) is 2.89. The molecule has 182 valence electrons. The van der Waals surface area contributed by atoms with Crippen molar-refractivity contribution in [2.24, 2.45) is 0 Å². The molecule has 1 aliphatic rings. The van der Waals surface area contributed by atoms with Crippen molar-refractivity contribution in [3.8, 4) is 0 Å². The number of allylic oxidation sites excluding steroid dienone is 4. The van der Waals surface area contributed by atoms with E-state index in [9.17, 15) is 19.2 Å². The maximum absolute atomic E-state index is 13.4. The van der Waals surface area contributed by atoms with Gasteiger partial charge in [-0.05, 0) is 12.8 Å². The Balaban J connectivity index is 1.76. The standard InChI is InChI=1S/C31H34O4/c1-2-3-4-5-6-7-8-9-16-21-25-28(30(34)24-19-14-11-15-20-24)27(32)22-26(31(25)35)29(33)23-17-12-10-13-18-23/h10-15,17-20,22H,2-9,16,21H2,1H3. The number of benzene rings is 2. The lowest BCUT2D eigenvalue weighted by atomic mass is 9.81. The lowest BCUT2D eigenvalue weighted by Crippen LogP contribution is -2.27. The van der Waals surface area contributed by atoms with E-state index < -0.39 is 23.1 Å². The Kier molecular flexibility index (Phi) is 10.1. The zero-order chi connectivity index (χ0) is 25.0. The monoisotopic (exact) mass is 470 g/mol. The molecule has 2 aromatic carbocycles. The number of Topliss-reactive ketones (excluding diaryl/α,β-unsaturated/α-hetero) is 3. The van der Waals surface area contributed by atoms with Gasteiger partial charge in [-0.2, -0.15) is 0 Å². The van der Waals surface area contributed by atoms with Gasteiger partial charge in [0.15, 0.2) is 23.1 Å². The molecule has 0 unspecified atom stereocenters. The van der Waals surface area contributed by atoms with Crippen LogP contribution in [0.1, 0.15) is 91.8 Å². The molecular formula is C31H34O4. The molecule has 4 heteroatoms. The highest BCUT2D eigenvalue weighted by molar-refractivity contribution is 6.42. The van der Waals surface area contributed by atoms with Gasteiger partial charge in [-0.25, -0.2) is 0 Å².